The first-order valence-corrected chi connectivity index (χ1v) is 10.2. The number of halogens is 1. The Morgan fingerprint density at radius 2 is 2.14 bits per heavy atom. The fourth-order valence-electron chi connectivity index (χ4n) is 2.62. The van der Waals surface area contributed by atoms with Crippen LogP contribution in [0.15, 0.2) is 70.9 Å². The molecule has 0 aromatic carbocycles. The Labute approximate surface area is 177 Å². The lowest BCUT2D eigenvalue weighted by molar-refractivity contribution is -0.132. The first-order chi connectivity index (χ1) is 14.0. The van der Waals surface area contributed by atoms with Gasteiger partial charge in [-0.05, 0) is 49.3 Å². The lowest BCUT2D eigenvalue weighted by atomic mass is 10.2. The Bertz CT molecular complexity index is 1100. The standard InChI is InChI=1S/C21H17ClN4O2S/c1-13(21(27)28)5-7-15-3-2-4-17(24-15)20-18(12-26(25-20)16-8-9-16)29-19-10-6-14(22)11-23-19/h2-7,10-12,16H,1,8-9H2,(H,27,28)/b7-5-. The molecular formula is C21H17ClN4O2S. The SMILES string of the molecule is C=C(/C=C\c1cccc(-c2nn(C3CC3)cc2Sc2ccc(Cl)cn2)n1)C(=O)O. The van der Waals surface area contributed by atoms with Crippen LogP contribution in [-0.2, 0) is 4.79 Å². The second-order valence-electron chi connectivity index (χ2n) is 6.58. The quantitative estimate of drug-likeness (QED) is 0.418. The van der Waals surface area contributed by atoms with Gasteiger partial charge in [-0.2, -0.15) is 5.10 Å². The third kappa shape index (κ3) is 4.75. The molecule has 0 saturated heterocycles. The van der Waals surface area contributed by atoms with E-state index in [4.69, 9.17) is 21.8 Å². The summed E-state index contributed by atoms with van der Waals surface area (Å²) in [5.74, 6) is -1.06. The molecule has 4 rings (SSSR count). The van der Waals surface area contributed by atoms with Crippen molar-refractivity contribution in [2.45, 2.75) is 28.8 Å². The minimum absolute atomic E-state index is 0.000252. The van der Waals surface area contributed by atoms with E-state index in [0.29, 0.717) is 22.5 Å². The first-order valence-electron chi connectivity index (χ1n) is 8.96. The molecule has 0 atom stereocenters. The van der Waals surface area contributed by atoms with E-state index in [-0.39, 0.29) is 5.57 Å². The number of carboxylic acids is 1. The normalized spacial score (nSPS) is 13.7. The molecule has 0 unspecified atom stereocenters. The van der Waals surface area contributed by atoms with E-state index in [1.54, 1.807) is 24.4 Å². The second-order valence-corrected chi connectivity index (χ2v) is 8.08. The van der Waals surface area contributed by atoms with Crippen molar-refractivity contribution in [2.75, 3.05) is 0 Å². The van der Waals surface area contributed by atoms with Crippen molar-refractivity contribution in [3.8, 4) is 11.4 Å². The van der Waals surface area contributed by atoms with Gasteiger partial charge in [-0.1, -0.05) is 36.0 Å². The highest BCUT2D eigenvalue weighted by Crippen LogP contribution is 2.40. The van der Waals surface area contributed by atoms with Crippen LogP contribution < -0.4 is 0 Å². The summed E-state index contributed by atoms with van der Waals surface area (Å²) < 4.78 is 1.99. The summed E-state index contributed by atoms with van der Waals surface area (Å²) in [7, 11) is 0. The van der Waals surface area contributed by atoms with Crippen LogP contribution in [0.4, 0.5) is 0 Å². The zero-order chi connectivity index (χ0) is 20.4. The molecule has 3 aromatic heterocycles. The number of aromatic nitrogens is 4. The van der Waals surface area contributed by atoms with Crippen LogP contribution in [0.1, 0.15) is 24.6 Å². The van der Waals surface area contributed by atoms with Crippen molar-refractivity contribution < 1.29 is 9.90 Å². The molecule has 3 aromatic rings. The van der Waals surface area contributed by atoms with E-state index in [1.165, 1.54) is 17.8 Å². The third-order valence-electron chi connectivity index (χ3n) is 4.28. The Kier molecular flexibility index (Phi) is 5.51. The van der Waals surface area contributed by atoms with Crippen LogP contribution in [-0.4, -0.2) is 30.8 Å². The number of nitrogens with zero attached hydrogens (tertiary/aromatic N) is 4. The monoisotopic (exact) mass is 424 g/mol. The third-order valence-corrected chi connectivity index (χ3v) is 5.47. The lowest BCUT2D eigenvalue weighted by Crippen LogP contribution is -1.96. The summed E-state index contributed by atoms with van der Waals surface area (Å²) >= 11 is 7.45. The van der Waals surface area contributed by atoms with Crippen molar-refractivity contribution in [3.63, 3.8) is 0 Å². The molecule has 1 aliphatic carbocycles. The molecule has 0 radical (unpaired) electrons. The Morgan fingerprint density at radius 3 is 2.83 bits per heavy atom. The van der Waals surface area contributed by atoms with Crippen molar-refractivity contribution in [2.24, 2.45) is 0 Å². The topological polar surface area (TPSA) is 80.9 Å². The van der Waals surface area contributed by atoms with Crippen molar-refractivity contribution >= 4 is 35.4 Å². The van der Waals surface area contributed by atoms with Crippen LogP contribution in [0.5, 0.6) is 0 Å². The van der Waals surface area contributed by atoms with Gasteiger partial charge in [0.15, 0.2) is 0 Å². The van der Waals surface area contributed by atoms with E-state index < -0.39 is 5.97 Å². The fraction of sp³-hybridized carbons (Fsp3) is 0.143. The lowest BCUT2D eigenvalue weighted by Gasteiger charge is -2.03. The number of carboxylic acid groups (broad SMARTS) is 1. The van der Waals surface area contributed by atoms with Gasteiger partial charge < -0.3 is 5.11 Å². The first kappa shape index (κ1) is 19.4. The van der Waals surface area contributed by atoms with Gasteiger partial charge in [-0.25, -0.2) is 14.8 Å². The van der Waals surface area contributed by atoms with Gasteiger partial charge in [0.2, 0.25) is 0 Å². The van der Waals surface area contributed by atoms with Crippen LogP contribution in [0.3, 0.4) is 0 Å². The molecule has 3 heterocycles. The van der Waals surface area contributed by atoms with Crippen molar-refractivity contribution in [3.05, 3.63) is 71.7 Å². The summed E-state index contributed by atoms with van der Waals surface area (Å²) in [6.07, 6.45) is 8.96. The van der Waals surface area contributed by atoms with Gasteiger partial charge in [-0.15, -0.1) is 0 Å². The maximum absolute atomic E-state index is 10.9. The van der Waals surface area contributed by atoms with Gasteiger partial charge in [0.1, 0.15) is 10.7 Å². The maximum Gasteiger partial charge on any atom is 0.335 e. The highest BCUT2D eigenvalue weighted by atomic mass is 35.5. The fourth-order valence-corrected chi connectivity index (χ4v) is 3.60. The predicted octanol–water partition coefficient (Wildman–Crippen LogP) is 5.13. The number of carbonyl (C=O) groups is 1. The molecule has 1 N–H and O–H groups in total. The number of aliphatic carboxylic acids is 1. The van der Waals surface area contributed by atoms with E-state index >= 15 is 0 Å². The molecule has 1 saturated carbocycles. The van der Waals surface area contributed by atoms with E-state index in [2.05, 4.69) is 16.5 Å². The molecular weight excluding hydrogens is 408 g/mol. The number of rotatable bonds is 7. The summed E-state index contributed by atoms with van der Waals surface area (Å²) in [6.45, 7) is 3.50. The molecule has 0 spiro atoms. The van der Waals surface area contributed by atoms with Crippen LogP contribution in [0, 0.1) is 0 Å². The van der Waals surface area contributed by atoms with Gasteiger partial charge in [-0.3, -0.25) is 4.68 Å². The van der Waals surface area contributed by atoms with Gasteiger partial charge in [0.05, 0.1) is 32.9 Å². The van der Waals surface area contributed by atoms with Crippen molar-refractivity contribution in [1.82, 2.24) is 19.7 Å². The van der Waals surface area contributed by atoms with E-state index in [0.717, 1.165) is 28.5 Å². The Hall–Kier alpha value is -2.90. The Morgan fingerprint density at radius 1 is 1.31 bits per heavy atom. The molecule has 6 nitrogen and oxygen atoms in total. The van der Waals surface area contributed by atoms with Gasteiger partial charge in [0, 0.05) is 12.4 Å². The molecule has 0 amide bonds. The smallest absolute Gasteiger partial charge is 0.335 e. The maximum atomic E-state index is 10.9. The van der Waals surface area contributed by atoms with Gasteiger partial charge in [0.25, 0.3) is 0 Å². The van der Waals surface area contributed by atoms with Crippen LogP contribution in [0.25, 0.3) is 17.5 Å². The molecule has 29 heavy (non-hydrogen) atoms. The number of pyridine rings is 2. The zero-order valence-electron chi connectivity index (χ0n) is 15.3. The molecule has 1 aliphatic rings. The average Bonchev–Trinajstić information content (AvgIpc) is 3.48. The summed E-state index contributed by atoms with van der Waals surface area (Å²) in [4.78, 5) is 20.9. The minimum atomic E-state index is -1.06. The van der Waals surface area contributed by atoms with Gasteiger partial charge >= 0.3 is 5.97 Å². The summed E-state index contributed by atoms with van der Waals surface area (Å²) in [5, 5.41) is 15.1. The van der Waals surface area contributed by atoms with E-state index in [9.17, 15) is 4.79 Å². The zero-order valence-corrected chi connectivity index (χ0v) is 16.9. The second kappa shape index (κ2) is 8.23. The van der Waals surface area contributed by atoms with E-state index in [1.807, 2.05) is 29.1 Å². The molecule has 0 aliphatic heterocycles. The van der Waals surface area contributed by atoms with Crippen LogP contribution in [0.2, 0.25) is 5.02 Å². The number of hydrogen-bond acceptors (Lipinski definition) is 5. The minimum Gasteiger partial charge on any atom is -0.478 e. The summed E-state index contributed by atoms with van der Waals surface area (Å²) in [6, 6.07) is 9.68. The Balaban J connectivity index is 1.66. The molecule has 1 fully saturated rings. The summed E-state index contributed by atoms with van der Waals surface area (Å²) in [5.41, 5.74) is 2.11. The largest absolute Gasteiger partial charge is 0.478 e. The predicted molar refractivity (Wildman–Crippen MR) is 113 cm³/mol. The highest BCUT2D eigenvalue weighted by molar-refractivity contribution is 7.99. The van der Waals surface area contributed by atoms with Crippen LogP contribution >= 0.6 is 23.4 Å². The molecule has 0 bridgehead atoms. The highest BCUT2D eigenvalue weighted by Gasteiger charge is 2.27. The average molecular weight is 425 g/mol. The molecule has 8 heteroatoms. The molecule has 146 valence electrons. The number of hydrogen-bond donors (Lipinski definition) is 1. The van der Waals surface area contributed by atoms with Crippen molar-refractivity contribution in [1.29, 1.82) is 0 Å².